The molecule has 0 radical (unpaired) electrons. The molecule has 0 heterocycles. The number of hydrogen-bond donors (Lipinski definition) is 8. The molecule has 0 aliphatic carbocycles. The third-order valence-corrected chi connectivity index (χ3v) is 4.14. The van der Waals surface area contributed by atoms with E-state index in [2.05, 4.69) is 26.2 Å². The second-order valence-electron chi connectivity index (χ2n) is 6.41. The van der Waals surface area contributed by atoms with Crippen molar-refractivity contribution in [3.63, 3.8) is 0 Å². The Morgan fingerprint density at radius 3 is 1.92 bits per heavy atom. The van der Waals surface area contributed by atoms with Crippen LogP contribution in [0.3, 0.4) is 0 Å². The first-order chi connectivity index (χ1) is 12.8. The van der Waals surface area contributed by atoms with Crippen LogP contribution < -0.4 is 44.2 Å². The van der Waals surface area contributed by atoms with Crippen LogP contribution in [-0.4, -0.2) is 96.1 Å². The minimum atomic E-state index is 0.282. The highest BCUT2D eigenvalue weighted by atomic mass is 15.3. The summed E-state index contributed by atoms with van der Waals surface area (Å²) in [6, 6.07) is 0. The zero-order valence-electron chi connectivity index (χ0n) is 16.6. The molecule has 0 rings (SSSR count). The minimum absolute atomic E-state index is 0.282. The van der Waals surface area contributed by atoms with E-state index in [0.717, 1.165) is 84.7 Å². The summed E-state index contributed by atoms with van der Waals surface area (Å²) < 4.78 is 0. The zero-order valence-corrected chi connectivity index (χ0v) is 16.6. The third kappa shape index (κ3) is 15.9. The van der Waals surface area contributed by atoms with Gasteiger partial charge in [0.2, 0.25) is 0 Å². The molecule has 26 heavy (non-hydrogen) atoms. The van der Waals surface area contributed by atoms with Gasteiger partial charge in [0, 0.05) is 52.4 Å². The van der Waals surface area contributed by atoms with E-state index in [-0.39, 0.29) is 6.17 Å². The summed E-state index contributed by atoms with van der Waals surface area (Å²) >= 11 is 0. The molecule has 0 amide bonds. The number of rotatable bonds is 21. The number of nitrogens with two attached hydrogens (primary N) is 4. The SMILES string of the molecule is NCCCNCCCNC(CCN)N(CCN)CCNCCNCCN. The van der Waals surface area contributed by atoms with Gasteiger partial charge in [-0.15, -0.1) is 0 Å². The van der Waals surface area contributed by atoms with Gasteiger partial charge < -0.3 is 44.2 Å². The summed E-state index contributed by atoms with van der Waals surface area (Å²) in [6.45, 7) is 11.2. The smallest absolute Gasteiger partial charge is 0.0610 e. The highest BCUT2D eigenvalue weighted by Crippen LogP contribution is 2.00. The quantitative estimate of drug-likeness (QED) is 0.0772. The summed E-state index contributed by atoms with van der Waals surface area (Å²) in [5.74, 6) is 0. The fraction of sp³-hybridized carbons (Fsp3) is 1.00. The Balaban J connectivity index is 4.00. The van der Waals surface area contributed by atoms with E-state index in [4.69, 9.17) is 22.9 Å². The summed E-state index contributed by atoms with van der Waals surface area (Å²) in [4.78, 5) is 2.40. The van der Waals surface area contributed by atoms with Crippen molar-refractivity contribution in [1.82, 2.24) is 26.2 Å². The van der Waals surface area contributed by atoms with E-state index < -0.39 is 0 Å². The van der Waals surface area contributed by atoms with Crippen LogP contribution in [0.5, 0.6) is 0 Å². The van der Waals surface area contributed by atoms with Gasteiger partial charge in [-0.2, -0.15) is 0 Å². The van der Waals surface area contributed by atoms with Crippen molar-refractivity contribution in [1.29, 1.82) is 0 Å². The molecule has 1 atom stereocenters. The third-order valence-electron chi connectivity index (χ3n) is 4.14. The van der Waals surface area contributed by atoms with E-state index in [1.165, 1.54) is 0 Å². The highest BCUT2D eigenvalue weighted by Gasteiger charge is 2.16. The van der Waals surface area contributed by atoms with Gasteiger partial charge >= 0.3 is 0 Å². The Labute approximate surface area is 160 Å². The largest absolute Gasteiger partial charge is 0.330 e. The van der Waals surface area contributed by atoms with Crippen LogP contribution >= 0.6 is 0 Å². The Kier molecular flexibility index (Phi) is 20.7. The van der Waals surface area contributed by atoms with Crippen molar-refractivity contribution < 1.29 is 0 Å². The van der Waals surface area contributed by atoms with Gasteiger partial charge in [-0.1, -0.05) is 0 Å². The predicted octanol–water partition coefficient (Wildman–Crippen LogP) is -3.02. The van der Waals surface area contributed by atoms with Gasteiger partial charge in [0.15, 0.2) is 0 Å². The van der Waals surface area contributed by atoms with Crippen LogP contribution in [0.1, 0.15) is 19.3 Å². The monoisotopic (exact) mass is 375 g/mol. The van der Waals surface area contributed by atoms with Gasteiger partial charge in [0.25, 0.3) is 0 Å². The van der Waals surface area contributed by atoms with Crippen LogP contribution in [0.2, 0.25) is 0 Å². The summed E-state index contributed by atoms with van der Waals surface area (Å²) in [5.41, 5.74) is 22.6. The van der Waals surface area contributed by atoms with Crippen LogP contribution in [0, 0.1) is 0 Å². The van der Waals surface area contributed by atoms with E-state index in [9.17, 15) is 0 Å². The Hall–Kier alpha value is -0.360. The summed E-state index contributed by atoms with van der Waals surface area (Å²) in [5, 5.41) is 13.8. The molecule has 0 aliphatic heterocycles. The van der Waals surface area contributed by atoms with Gasteiger partial charge in [0.05, 0.1) is 6.17 Å². The molecule has 0 aromatic heterocycles. The average molecular weight is 376 g/mol. The van der Waals surface area contributed by atoms with E-state index in [1.807, 2.05) is 0 Å². The Bertz CT molecular complexity index is 243. The molecule has 0 saturated heterocycles. The zero-order chi connectivity index (χ0) is 19.3. The molecular weight excluding hydrogens is 330 g/mol. The van der Waals surface area contributed by atoms with Crippen molar-refractivity contribution >= 4 is 0 Å². The van der Waals surface area contributed by atoms with Gasteiger partial charge in [0.1, 0.15) is 0 Å². The molecule has 0 spiro atoms. The van der Waals surface area contributed by atoms with Gasteiger partial charge in [-0.05, 0) is 52.0 Å². The van der Waals surface area contributed by atoms with Crippen molar-refractivity contribution in [3.8, 4) is 0 Å². The first-order valence-electron chi connectivity index (χ1n) is 10.2. The Morgan fingerprint density at radius 2 is 1.27 bits per heavy atom. The summed E-state index contributed by atoms with van der Waals surface area (Å²) in [6.07, 6.45) is 3.33. The average Bonchev–Trinajstić information content (AvgIpc) is 2.65. The molecule has 0 aromatic carbocycles. The van der Waals surface area contributed by atoms with Crippen LogP contribution in [-0.2, 0) is 0 Å². The van der Waals surface area contributed by atoms with Crippen molar-refractivity contribution in [3.05, 3.63) is 0 Å². The second kappa shape index (κ2) is 20.9. The maximum atomic E-state index is 5.82. The lowest BCUT2D eigenvalue weighted by atomic mass is 10.2. The molecule has 9 heteroatoms. The Morgan fingerprint density at radius 1 is 0.577 bits per heavy atom. The summed E-state index contributed by atoms with van der Waals surface area (Å²) in [7, 11) is 0. The molecule has 12 N–H and O–H groups in total. The fourth-order valence-electron chi connectivity index (χ4n) is 2.75. The molecule has 0 bridgehead atoms. The maximum absolute atomic E-state index is 5.82. The second-order valence-corrected chi connectivity index (χ2v) is 6.41. The highest BCUT2D eigenvalue weighted by molar-refractivity contribution is 4.72. The van der Waals surface area contributed by atoms with Crippen LogP contribution in [0.4, 0.5) is 0 Å². The van der Waals surface area contributed by atoms with Gasteiger partial charge in [-0.25, -0.2) is 0 Å². The number of hydrogen-bond acceptors (Lipinski definition) is 9. The number of nitrogens with zero attached hydrogens (tertiary/aromatic N) is 1. The van der Waals surface area contributed by atoms with E-state index in [1.54, 1.807) is 0 Å². The standard InChI is InChI=1S/C17H45N9/c18-4-1-8-22-9-2-10-25-17(3-5-19)26(15-7-21)16-14-24-13-12-23-11-6-20/h17,22-25H,1-16,18-21H2. The minimum Gasteiger partial charge on any atom is -0.330 e. The molecule has 0 aliphatic rings. The fourth-order valence-corrected chi connectivity index (χ4v) is 2.75. The van der Waals surface area contributed by atoms with Crippen LogP contribution in [0.15, 0.2) is 0 Å². The van der Waals surface area contributed by atoms with Crippen LogP contribution in [0.25, 0.3) is 0 Å². The first-order valence-corrected chi connectivity index (χ1v) is 10.2. The predicted molar refractivity (Wildman–Crippen MR) is 112 cm³/mol. The lowest BCUT2D eigenvalue weighted by molar-refractivity contribution is 0.162. The van der Waals surface area contributed by atoms with Crippen molar-refractivity contribution in [2.24, 2.45) is 22.9 Å². The van der Waals surface area contributed by atoms with E-state index >= 15 is 0 Å². The molecule has 158 valence electrons. The number of nitrogens with one attached hydrogen (secondary N) is 4. The molecule has 0 fully saturated rings. The lowest BCUT2D eigenvalue weighted by Gasteiger charge is -2.32. The topological polar surface area (TPSA) is 155 Å². The van der Waals surface area contributed by atoms with E-state index in [0.29, 0.717) is 19.6 Å². The first kappa shape index (κ1) is 25.6. The maximum Gasteiger partial charge on any atom is 0.0610 e. The molecule has 0 aromatic rings. The molecule has 9 nitrogen and oxygen atoms in total. The normalized spacial score (nSPS) is 12.8. The van der Waals surface area contributed by atoms with Crippen molar-refractivity contribution in [2.45, 2.75) is 25.4 Å². The molecule has 0 saturated carbocycles. The molecular formula is C17H45N9. The lowest BCUT2D eigenvalue weighted by Crippen LogP contribution is -2.51. The molecule has 1 unspecified atom stereocenters. The van der Waals surface area contributed by atoms with Gasteiger partial charge in [-0.3, -0.25) is 4.90 Å². The van der Waals surface area contributed by atoms with Crippen molar-refractivity contribution in [2.75, 3.05) is 85.1 Å².